The monoisotopic (exact) mass is 208 g/mol. The molecule has 0 nitrogen and oxygen atoms in total. The van der Waals surface area contributed by atoms with E-state index in [4.69, 9.17) is 0 Å². The summed E-state index contributed by atoms with van der Waals surface area (Å²) in [6.07, 6.45) is 0. The van der Waals surface area contributed by atoms with E-state index in [0.29, 0.717) is 0 Å². The van der Waals surface area contributed by atoms with Crippen LogP contribution in [-0.2, 0) is 16.8 Å². The summed E-state index contributed by atoms with van der Waals surface area (Å²) in [6, 6.07) is 14.1. The Balaban J connectivity index is 0.000000167. The molecule has 0 fully saturated rings. The summed E-state index contributed by atoms with van der Waals surface area (Å²) in [7, 11) is 0.948. The predicted molar refractivity (Wildman–Crippen MR) is 48.0 cm³/mol. The Hall–Kier alpha value is -0.364. The average Bonchev–Trinajstić information content (AvgIpc) is 2.67. The van der Waals surface area contributed by atoms with Crippen LogP contribution >= 0.6 is 8.19 Å². The van der Waals surface area contributed by atoms with Gasteiger partial charge in [-0.15, -0.1) is 8.19 Å². The van der Waals surface area contributed by atoms with Crippen molar-refractivity contribution in [1.29, 1.82) is 0 Å². The van der Waals surface area contributed by atoms with Gasteiger partial charge in [0.1, 0.15) is 0 Å². The van der Waals surface area contributed by atoms with Gasteiger partial charge in [-0.2, -0.15) is 18.2 Å². The van der Waals surface area contributed by atoms with Crippen molar-refractivity contribution in [3.8, 4) is 0 Å². The van der Waals surface area contributed by atoms with Crippen LogP contribution in [0.4, 0.5) is 0 Å². The largest absolute Gasteiger partial charge is 0.214 e. The van der Waals surface area contributed by atoms with Crippen LogP contribution in [0.15, 0.2) is 54.1 Å². The van der Waals surface area contributed by atoms with Crippen molar-refractivity contribution in [3.05, 3.63) is 54.1 Å². The van der Waals surface area contributed by atoms with Gasteiger partial charge in [-0.1, -0.05) is 12.1 Å². The van der Waals surface area contributed by atoms with E-state index >= 15 is 0 Å². The second kappa shape index (κ2) is 7.74. The molecule has 0 spiro atoms. The molecule has 0 atom stereocenters. The maximum absolute atomic E-state index is 2.15. The molecule has 61 valence electrons. The van der Waals surface area contributed by atoms with E-state index in [1.165, 1.54) is 0 Å². The molecule has 1 aromatic heterocycles. The quantitative estimate of drug-likeness (QED) is 0.583. The fourth-order valence-corrected chi connectivity index (χ4v) is 1.15. The molecule has 0 bridgehead atoms. The minimum atomic E-state index is 0. The third kappa shape index (κ3) is 6.05. The zero-order valence-corrected chi connectivity index (χ0v) is 8.07. The van der Waals surface area contributed by atoms with Gasteiger partial charge in [-0.3, -0.25) is 0 Å². The third-order valence-corrected chi connectivity index (χ3v) is 1.82. The molecule has 11 heavy (non-hydrogen) atoms. The minimum absolute atomic E-state index is 0. The summed E-state index contributed by atoms with van der Waals surface area (Å²) in [5.74, 6) is 4.31. The van der Waals surface area contributed by atoms with E-state index in [1.807, 2.05) is 30.3 Å². The summed E-state index contributed by atoms with van der Waals surface area (Å²) >= 11 is 0. The maximum atomic E-state index is 2.15. The normalized spacial score (nSPS) is 7.27. The molecule has 0 aliphatic rings. The van der Waals surface area contributed by atoms with E-state index in [9.17, 15) is 0 Å². The summed E-state index contributed by atoms with van der Waals surface area (Å²) in [5.41, 5.74) is 0. The first-order valence-corrected chi connectivity index (χ1v) is 4.40. The molecule has 0 saturated carbocycles. The smallest absolute Gasteiger partial charge is 0 e. The molecule has 0 amide bonds. The van der Waals surface area contributed by atoms with Gasteiger partial charge in [-0.05, 0) is 11.6 Å². The fourth-order valence-electron chi connectivity index (χ4n) is 0.599. The summed E-state index contributed by atoms with van der Waals surface area (Å²) in [4.78, 5) is 0. The van der Waals surface area contributed by atoms with Crippen molar-refractivity contribution in [2.45, 2.75) is 0 Å². The Morgan fingerprint density at radius 3 is 1.55 bits per heavy atom. The summed E-state index contributed by atoms with van der Waals surface area (Å²) in [6.45, 7) is 0. The molecule has 0 saturated heterocycles. The zero-order chi connectivity index (χ0) is 7.07. The standard InChI is InChI=1S/C5H5.C4H5P.Co/c2*1-2-4-5-3-1;/h2*1-5H;/q-1;;. The van der Waals surface area contributed by atoms with Crippen molar-refractivity contribution in [1.82, 2.24) is 0 Å². The van der Waals surface area contributed by atoms with E-state index in [1.54, 1.807) is 0 Å². The Bertz CT molecular complexity index is 149. The van der Waals surface area contributed by atoms with Crippen molar-refractivity contribution >= 4 is 8.19 Å². The molecule has 0 N–H and O–H groups in total. The number of hydrogen-bond donors (Lipinski definition) is 0. The molecule has 2 heteroatoms. The van der Waals surface area contributed by atoms with Gasteiger partial charge in [0.2, 0.25) is 0 Å². The Labute approximate surface area is 79.3 Å². The van der Waals surface area contributed by atoms with Crippen LogP contribution in [0.25, 0.3) is 0 Å². The van der Waals surface area contributed by atoms with Gasteiger partial charge >= 0.3 is 0 Å². The first-order chi connectivity index (χ1) is 5.00. The molecule has 0 aliphatic carbocycles. The Morgan fingerprint density at radius 2 is 1.36 bits per heavy atom. The van der Waals surface area contributed by atoms with Crippen molar-refractivity contribution in [2.24, 2.45) is 0 Å². The van der Waals surface area contributed by atoms with Gasteiger partial charge in [0, 0.05) is 16.8 Å². The summed E-state index contributed by atoms with van der Waals surface area (Å²) < 4.78 is 0. The number of hydrogen-bond acceptors (Lipinski definition) is 0. The molecular weight excluding hydrogens is 198 g/mol. The van der Waals surface area contributed by atoms with Crippen molar-refractivity contribution in [3.63, 3.8) is 0 Å². The maximum Gasteiger partial charge on any atom is 0 e. The first kappa shape index (κ1) is 10.6. The van der Waals surface area contributed by atoms with E-state index in [2.05, 4.69) is 23.7 Å². The predicted octanol–water partition coefficient (Wildman–Crippen LogP) is 3.12. The fraction of sp³-hybridized carbons (Fsp3) is 0. The molecular formula is C9H10CoP-. The van der Waals surface area contributed by atoms with Gasteiger partial charge in [0.05, 0.1) is 0 Å². The average molecular weight is 208 g/mol. The van der Waals surface area contributed by atoms with Crippen LogP contribution in [-0.4, -0.2) is 0 Å². The molecule has 1 heterocycles. The van der Waals surface area contributed by atoms with Crippen LogP contribution in [0, 0.1) is 0 Å². The van der Waals surface area contributed by atoms with Crippen molar-refractivity contribution in [2.75, 3.05) is 0 Å². The molecule has 1 radical (unpaired) electrons. The van der Waals surface area contributed by atoms with Gasteiger partial charge in [-0.25, -0.2) is 12.1 Å². The van der Waals surface area contributed by atoms with Crippen LogP contribution in [0.2, 0.25) is 0 Å². The topological polar surface area (TPSA) is 0 Å². The minimum Gasteiger partial charge on any atom is -0.214 e. The van der Waals surface area contributed by atoms with Gasteiger partial charge < -0.3 is 0 Å². The van der Waals surface area contributed by atoms with Crippen LogP contribution < -0.4 is 0 Å². The first-order valence-electron chi connectivity index (χ1n) is 3.24. The van der Waals surface area contributed by atoms with E-state index < -0.39 is 0 Å². The second-order valence-electron chi connectivity index (χ2n) is 1.85. The molecule has 2 rings (SSSR count). The molecule has 0 aliphatic heterocycles. The number of rotatable bonds is 0. The Morgan fingerprint density at radius 1 is 0.818 bits per heavy atom. The van der Waals surface area contributed by atoms with Crippen molar-refractivity contribution < 1.29 is 16.8 Å². The van der Waals surface area contributed by atoms with Crippen LogP contribution in [0.3, 0.4) is 0 Å². The van der Waals surface area contributed by atoms with E-state index in [0.717, 1.165) is 8.19 Å². The van der Waals surface area contributed by atoms with Gasteiger partial charge in [0.25, 0.3) is 0 Å². The third-order valence-electron chi connectivity index (χ3n) is 1.05. The summed E-state index contributed by atoms with van der Waals surface area (Å²) in [5, 5.41) is 0. The molecule has 2 aromatic rings. The van der Waals surface area contributed by atoms with E-state index in [-0.39, 0.29) is 16.8 Å². The van der Waals surface area contributed by atoms with Crippen LogP contribution in [0.5, 0.6) is 0 Å². The van der Waals surface area contributed by atoms with Crippen LogP contribution in [0.1, 0.15) is 0 Å². The molecule has 0 unspecified atom stereocenters. The van der Waals surface area contributed by atoms with Gasteiger partial charge in [0.15, 0.2) is 0 Å². The zero-order valence-electron chi connectivity index (χ0n) is 6.03. The molecule has 1 aromatic carbocycles. The SMILES string of the molecule is [Co].c1cc[cH-]c1.c1cc[pH]c1. The second-order valence-corrected chi connectivity index (χ2v) is 2.85. The Kier molecular flexibility index (Phi) is 7.48.